The largest absolute Gasteiger partial charge is 0.357 e. The maximum Gasteiger partial charge on any atom is 0.282 e. The number of benzene rings is 2. The summed E-state index contributed by atoms with van der Waals surface area (Å²) in [6.45, 7) is 8.48. The zero-order valence-corrected chi connectivity index (χ0v) is 24.1. The van der Waals surface area contributed by atoms with Crippen LogP contribution in [0.1, 0.15) is 57.5 Å². The number of anilines is 3. The summed E-state index contributed by atoms with van der Waals surface area (Å²) in [4.78, 5) is 37.9. The molecule has 0 atom stereocenters. The van der Waals surface area contributed by atoms with Crippen LogP contribution in [0, 0.1) is 6.92 Å². The third-order valence-electron chi connectivity index (χ3n) is 8.00. The van der Waals surface area contributed by atoms with Crippen molar-refractivity contribution in [2.24, 2.45) is 0 Å². The molecule has 216 valence electrons. The van der Waals surface area contributed by atoms with Crippen molar-refractivity contribution < 1.29 is 14.8 Å². The van der Waals surface area contributed by atoms with Gasteiger partial charge in [0.15, 0.2) is 0 Å². The van der Waals surface area contributed by atoms with E-state index in [4.69, 9.17) is 0 Å². The Morgan fingerprint density at radius 3 is 2.41 bits per heavy atom. The van der Waals surface area contributed by atoms with Crippen LogP contribution in [-0.4, -0.2) is 78.1 Å². The molecule has 0 spiro atoms. The molecule has 9 nitrogen and oxygen atoms in total. The second-order valence-corrected chi connectivity index (χ2v) is 11.2. The average molecular weight is 557 g/mol. The zero-order chi connectivity index (χ0) is 28.8. The Morgan fingerprint density at radius 2 is 1.66 bits per heavy atom. The molecular weight excluding hydrogens is 516 g/mol. The van der Waals surface area contributed by atoms with Crippen molar-refractivity contribution in [3.05, 3.63) is 83.0 Å². The first-order valence-electron chi connectivity index (χ1n) is 14.5. The lowest BCUT2D eigenvalue weighted by Crippen LogP contribution is -2.43. The van der Waals surface area contributed by atoms with Crippen molar-refractivity contribution in [1.82, 2.24) is 14.8 Å². The molecule has 0 radical (unpaired) electrons. The molecule has 41 heavy (non-hydrogen) atoms. The Balaban J connectivity index is 1.27. The van der Waals surface area contributed by atoms with Crippen molar-refractivity contribution in [1.29, 1.82) is 0 Å². The molecule has 0 aliphatic carbocycles. The Bertz CT molecular complexity index is 1360. The number of hydroxylamine groups is 1. The Kier molecular flexibility index (Phi) is 9.28. The van der Waals surface area contributed by atoms with E-state index in [1.807, 2.05) is 31.2 Å². The van der Waals surface area contributed by atoms with Gasteiger partial charge in [0.2, 0.25) is 0 Å². The molecule has 5 rings (SSSR count). The molecule has 2 aliphatic heterocycles. The number of nitrogens with one attached hydrogen (secondary N) is 1. The van der Waals surface area contributed by atoms with E-state index in [0.717, 1.165) is 70.0 Å². The number of aryl methyl sites for hydroxylation is 1. The first-order chi connectivity index (χ1) is 19.9. The van der Waals surface area contributed by atoms with E-state index in [9.17, 15) is 14.8 Å². The fourth-order valence-electron chi connectivity index (χ4n) is 5.45. The van der Waals surface area contributed by atoms with Crippen LogP contribution >= 0.6 is 0 Å². The first kappa shape index (κ1) is 28.7. The van der Waals surface area contributed by atoms with Gasteiger partial charge in [-0.2, -0.15) is 5.06 Å². The number of piperazine rings is 1. The monoisotopic (exact) mass is 556 g/mol. The second kappa shape index (κ2) is 13.2. The van der Waals surface area contributed by atoms with E-state index < -0.39 is 5.91 Å². The van der Waals surface area contributed by atoms with Gasteiger partial charge in [0.05, 0.1) is 5.69 Å². The maximum atomic E-state index is 13.3. The standard InChI is InChI=1S/C32H40N6O3/c1-24-10-11-28(34-31(39)26-12-13-33-30(21-26)37-14-5-3-4-6-15-37)22-29(24)38(41)32(40)27-9-7-8-25(20-27)23-36-18-16-35(2)17-19-36/h7-13,20-22,41H,3-6,14-19,23H2,1-2H3,(H,34,39). The summed E-state index contributed by atoms with van der Waals surface area (Å²) in [5, 5.41) is 14.6. The number of carbonyl (C=O) groups excluding carboxylic acids is 2. The van der Waals surface area contributed by atoms with Crippen LogP contribution in [0.3, 0.4) is 0 Å². The fourth-order valence-corrected chi connectivity index (χ4v) is 5.45. The highest BCUT2D eigenvalue weighted by Gasteiger charge is 2.21. The number of rotatable bonds is 7. The number of aromatic nitrogens is 1. The minimum Gasteiger partial charge on any atom is -0.357 e. The molecule has 2 aromatic carbocycles. The molecule has 3 heterocycles. The molecule has 3 aromatic rings. The van der Waals surface area contributed by atoms with Gasteiger partial charge in [-0.1, -0.05) is 31.0 Å². The molecular formula is C32H40N6O3. The molecule has 2 fully saturated rings. The highest BCUT2D eigenvalue weighted by molar-refractivity contribution is 6.07. The highest BCUT2D eigenvalue weighted by Crippen LogP contribution is 2.26. The van der Waals surface area contributed by atoms with Crippen molar-refractivity contribution in [3.63, 3.8) is 0 Å². The molecule has 2 amide bonds. The van der Waals surface area contributed by atoms with Gasteiger partial charge in [-0.25, -0.2) is 4.98 Å². The Labute approximate surface area is 242 Å². The third kappa shape index (κ3) is 7.30. The van der Waals surface area contributed by atoms with Gasteiger partial charge in [-0.3, -0.25) is 19.7 Å². The molecule has 2 saturated heterocycles. The second-order valence-electron chi connectivity index (χ2n) is 11.2. The normalized spacial score (nSPS) is 16.7. The molecule has 2 aliphatic rings. The van der Waals surface area contributed by atoms with E-state index in [-0.39, 0.29) is 5.91 Å². The number of hydrogen-bond acceptors (Lipinski definition) is 7. The summed E-state index contributed by atoms with van der Waals surface area (Å²) in [6.07, 6.45) is 6.36. The lowest BCUT2D eigenvalue weighted by Gasteiger charge is -2.32. The highest BCUT2D eigenvalue weighted by atomic mass is 16.5. The SMILES string of the molecule is Cc1ccc(NC(=O)c2ccnc(N3CCCCCC3)c2)cc1N(O)C(=O)c1cccc(CN2CCN(C)CC2)c1. The predicted molar refractivity (Wildman–Crippen MR) is 162 cm³/mol. The van der Waals surface area contributed by atoms with Gasteiger partial charge in [0.25, 0.3) is 11.8 Å². The van der Waals surface area contributed by atoms with Crippen molar-refractivity contribution in [3.8, 4) is 0 Å². The van der Waals surface area contributed by atoms with Crippen LogP contribution in [0.5, 0.6) is 0 Å². The van der Waals surface area contributed by atoms with Crippen LogP contribution in [0.15, 0.2) is 60.8 Å². The quantitative estimate of drug-likeness (QED) is 0.319. The average Bonchev–Trinajstić information content (AvgIpc) is 3.29. The zero-order valence-electron chi connectivity index (χ0n) is 24.1. The maximum absolute atomic E-state index is 13.3. The van der Waals surface area contributed by atoms with Crippen molar-refractivity contribution >= 4 is 29.0 Å². The smallest absolute Gasteiger partial charge is 0.282 e. The van der Waals surface area contributed by atoms with Crippen LogP contribution in [0.25, 0.3) is 0 Å². The Hall–Kier alpha value is -3.79. The van der Waals surface area contributed by atoms with Gasteiger partial charge in [0.1, 0.15) is 5.82 Å². The molecule has 0 saturated carbocycles. The van der Waals surface area contributed by atoms with Crippen LogP contribution in [-0.2, 0) is 6.54 Å². The number of nitrogens with zero attached hydrogens (tertiary/aromatic N) is 5. The number of carbonyl (C=O) groups is 2. The summed E-state index contributed by atoms with van der Waals surface area (Å²) in [6, 6.07) is 16.1. The number of hydrogen-bond donors (Lipinski definition) is 2. The minimum absolute atomic E-state index is 0.273. The van der Waals surface area contributed by atoms with Crippen LogP contribution < -0.4 is 15.3 Å². The van der Waals surface area contributed by atoms with Gasteiger partial charge < -0.3 is 15.1 Å². The molecule has 0 unspecified atom stereocenters. The molecule has 9 heteroatoms. The summed E-state index contributed by atoms with van der Waals surface area (Å²) in [7, 11) is 2.13. The van der Waals surface area contributed by atoms with Gasteiger partial charge in [-0.15, -0.1) is 0 Å². The summed E-state index contributed by atoms with van der Waals surface area (Å²) < 4.78 is 0. The number of likely N-dealkylation sites (N-methyl/N-ethyl adjacent to an activating group) is 1. The first-order valence-corrected chi connectivity index (χ1v) is 14.5. The van der Waals surface area contributed by atoms with Crippen molar-refractivity contribution in [2.45, 2.75) is 39.2 Å². The molecule has 2 N–H and O–H groups in total. The van der Waals surface area contributed by atoms with Crippen LogP contribution in [0.2, 0.25) is 0 Å². The fraction of sp³-hybridized carbons (Fsp3) is 0.406. The number of amides is 2. The van der Waals surface area contributed by atoms with E-state index in [1.54, 1.807) is 36.5 Å². The Morgan fingerprint density at radius 1 is 0.902 bits per heavy atom. The summed E-state index contributed by atoms with van der Waals surface area (Å²) >= 11 is 0. The molecule has 1 aromatic heterocycles. The van der Waals surface area contributed by atoms with Crippen molar-refractivity contribution in [2.75, 3.05) is 61.6 Å². The van der Waals surface area contributed by atoms with E-state index in [1.165, 1.54) is 12.8 Å². The topological polar surface area (TPSA) is 92.2 Å². The van der Waals surface area contributed by atoms with Gasteiger partial charge in [-0.05, 0) is 74.3 Å². The van der Waals surface area contributed by atoms with E-state index >= 15 is 0 Å². The lowest BCUT2D eigenvalue weighted by molar-refractivity contribution is 0.0854. The lowest BCUT2D eigenvalue weighted by atomic mass is 10.1. The van der Waals surface area contributed by atoms with Crippen LogP contribution in [0.4, 0.5) is 17.2 Å². The van der Waals surface area contributed by atoms with Gasteiger partial charge in [0, 0.05) is 68.8 Å². The molecule has 0 bridgehead atoms. The third-order valence-corrected chi connectivity index (χ3v) is 8.00. The summed E-state index contributed by atoms with van der Waals surface area (Å²) in [5.41, 5.74) is 3.46. The summed E-state index contributed by atoms with van der Waals surface area (Å²) in [5.74, 6) is 0.0184. The van der Waals surface area contributed by atoms with E-state index in [0.29, 0.717) is 33.1 Å². The van der Waals surface area contributed by atoms with E-state index in [2.05, 4.69) is 32.0 Å². The minimum atomic E-state index is -0.520. The van der Waals surface area contributed by atoms with Gasteiger partial charge >= 0.3 is 0 Å². The predicted octanol–water partition coefficient (Wildman–Crippen LogP) is 4.81. The number of pyridine rings is 1.